The van der Waals surface area contributed by atoms with E-state index in [-0.39, 0.29) is 0 Å². The molecule has 0 heterocycles. The summed E-state index contributed by atoms with van der Waals surface area (Å²) >= 11 is 0. The SMILES string of the molecule is C(=C=C=CC1C=CC=C1)=C=CC1C=CC=C1. The standard InChI is InChI=1S/C16H12/c1(3-9-15-11-5-6-12-15)2-4-10-16-13-7-8-14-16/h5-16H. The van der Waals surface area contributed by atoms with Crippen molar-refractivity contribution in [2.24, 2.45) is 11.8 Å². The summed E-state index contributed by atoms with van der Waals surface area (Å²) in [4.78, 5) is 0. The molecular formula is C16H12. The molecule has 0 N–H and O–H groups in total. The Morgan fingerprint density at radius 3 is 1.38 bits per heavy atom. The Morgan fingerprint density at radius 2 is 1.00 bits per heavy atom. The van der Waals surface area contributed by atoms with Crippen LogP contribution in [0.15, 0.2) is 83.7 Å². The van der Waals surface area contributed by atoms with Gasteiger partial charge < -0.3 is 0 Å². The van der Waals surface area contributed by atoms with Gasteiger partial charge in [-0.1, -0.05) is 60.1 Å². The fraction of sp³-hybridized carbons (Fsp3) is 0.125. The fourth-order valence-corrected chi connectivity index (χ4v) is 1.47. The zero-order valence-corrected chi connectivity index (χ0v) is 8.93. The molecule has 0 saturated heterocycles. The Labute approximate surface area is 96.0 Å². The molecule has 16 heavy (non-hydrogen) atoms. The molecule has 2 aliphatic rings. The fourth-order valence-electron chi connectivity index (χ4n) is 1.47. The van der Waals surface area contributed by atoms with E-state index in [1.54, 1.807) is 0 Å². The highest BCUT2D eigenvalue weighted by molar-refractivity contribution is 5.23. The van der Waals surface area contributed by atoms with Crippen molar-refractivity contribution in [3.8, 4) is 0 Å². The molecule has 0 atom stereocenters. The van der Waals surface area contributed by atoms with Crippen LogP contribution in [0.3, 0.4) is 0 Å². The first-order valence-electron chi connectivity index (χ1n) is 5.33. The maximum absolute atomic E-state index is 2.95. The van der Waals surface area contributed by atoms with Crippen molar-refractivity contribution in [1.82, 2.24) is 0 Å². The summed E-state index contributed by atoms with van der Waals surface area (Å²) in [5.74, 6) is 0.720. The van der Waals surface area contributed by atoms with Crippen molar-refractivity contribution in [2.75, 3.05) is 0 Å². The minimum atomic E-state index is 0.360. The second-order valence-electron chi connectivity index (χ2n) is 3.57. The van der Waals surface area contributed by atoms with Crippen molar-refractivity contribution in [2.45, 2.75) is 0 Å². The van der Waals surface area contributed by atoms with Crippen LogP contribution < -0.4 is 0 Å². The Balaban J connectivity index is 2.02. The number of rotatable bonds is 2. The lowest BCUT2D eigenvalue weighted by Gasteiger charge is -1.88. The van der Waals surface area contributed by atoms with Gasteiger partial charge in [-0.3, -0.25) is 0 Å². The van der Waals surface area contributed by atoms with Gasteiger partial charge in [-0.05, 0) is 23.6 Å². The maximum atomic E-state index is 2.95. The molecule has 0 amide bonds. The van der Waals surface area contributed by atoms with E-state index < -0.39 is 0 Å². The number of allylic oxidation sites excluding steroid dienone is 10. The molecule has 0 aromatic rings. The van der Waals surface area contributed by atoms with E-state index in [2.05, 4.69) is 47.2 Å². The van der Waals surface area contributed by atoms with Crippen LogP contribution in [0.2, 0.25) is 0 Å². The summed E-state index contributed by atoms with van der Waals surface area (Å²) in [6.45, 7) is 0. The van der Waals surface area contributed by atoms with Gasteiger partial charge in [0.25, 0.3) is 0 Å². The molecule has 2 aliphatic carbocycles. The van der Waals surface area contributed by atoms with Crippen LogP contribution in [0.4, 0.5) is 0 Å². The van der Waals surface area contributed by atoms with Crippen molar-refractivity contribution in [1.29, 1.82) is 0 Å². The lowest BCUT2D eigenvalue weighted by atomic mass is 10.2. The molecule has 2 rings (SSSR count). The van der Waals surface area contributed by atoms with Crippen LogP contribution in [-0.2, 0) is 0 Å². The van der Waals surface area contributed by atoms with Gasteiger partial charge in [0.05, 0.1) is 0 Å². The minimum absolute atomic E-state index is 0.360. The Morgan fingerprint density at radius 1 is 0.625 bits per heavy atom. The van der Waals surface area contributed by atoms with Crippen molar-refractivity contribution >= 4 is 0 Å². The van der Waals surface area contributed by atoms with Crippen molar-refractivity contribution < 1.29 is 0 Å². The molecule has 0 bridgehead atoms. The van der Waals surface area contributed by atoms with E-state index >= 15 is 0 Å². The third-order valence-corrected chi connectivity index (χ3v) is 2.31. The monoisotopic (exact) mass is 204 g/mol. The predicted molar refractivity (Wildman–Crippen MR) is 66.7 cm³/mol. The van der Waals surface area contributed by atoms with Gasteiger partial charge in [-0.15, -0.1) is 0 Å². The summed E-state index contributed by atoms with van der Waals surface area (Å²) in [7, 11) is 0. The van der Waals surface area contributed by atoms with Crippen LogP contribution in [0.5, 0.6) is 0 Å². The second-order valence-corrected chi connectivity index (χ2v) is 3.57. The van der Waals surface area contributed by atoms with Crippen molar-refractivity contribution in [3.63, 3.8) is 0 Å². The zero-order valence-electron chi connectivity index (χ0n) is 8.93. The first kappa shape index (κ1) is 10.3. The summed E-state index contributed by atoms with van der Waals surface area (Å²) in [5.41, 5.74) is 11.5. The van der Waals surface area contributed by atoms with Gasteiger partial charge in [0.2, 0.25) is 0 Å². The molecule has 0 fully saturated rings. The first-order valence-corrected chi connectivity index (χ1v) is 5.33. The average Bonchev–Trinajstić information content (AvgIpc) is 2.96. The van der Waals surface area contributed by atoms with E-state index in [0.717, 1.165) is 0 Å². The van der Waals surface area contributed by atoms with E-state index in [9.17, 15) is 0 Å². The van der Waals surface area contributed by atoms with Crippen LogP contribution in [0, 0.1) is 11.8 Å². The number of hydrogen-bond donors (Lipinski definition) is 0. The first-order chi connectivity index (χ1) is 7.95. The Bertz CT molecular complexity index is 453. The molecule has 0 radical (unpaired) electrons. The summed E-state index contributed by atoms with van der Waals surface area (Å²) in [5, 5.41) is 0. The van der Waals surface area contributed by atoms with Gasteiger partial charge in [-0.25, -0.2) is 0 Å². The molecule has 0 unspecified atom stereocenters. The zero-order chi connectivity index (χ0) is 11.1. The van der Waals surface area contributed by atoms with Gasteiger partial charge >= 0.3 is 0 Å². The highest BCUT2D eigenvalue weighted by Crippen LogP contribution is 2.09. The molecule has 0 nitrogen and oxygen atoms in total. The van der Waals surface area contributed by atoms with Crippen LogP contribution >= 0.6 is 0 Å². The lowest BCUT2D eigenvalue weighted by molar-refractivity contribution is 1.10. The van der Waals surface area contributed by atoms with Gasteiger partial charge in [0.15, 0.2) is 0 Å². The third kappa shape index (κ3) is 3.19. The molecule has 0 heteroatoms. The predicted octanol–water partition coefficient (Wildman–Crippen LogP) is 3.65. The topological polar surface area (TPSA) is 0 Å². The largest absolute Gasteiger partial charge is 0.0732 e. The molecule has 0 aliphatic heterocycles. The molecule has 0 spiro atoms. The highest BCUT2D eigenvalue weighted by Gasteiger charge is 1.95. The smallest absolute Gasteiger partial charge is 0.0216 e. The number of hydrogen-bond acceptors (Lipinski definition) is 0. The molecule has 0 aromatic heterocycles. The molecule has 76 valence electrons. The quantitative estimate of drug-likeness (QED) is 0.602. The molecule has 0 aromatic carbocycles. The van der Waals surface area contributed by atoms with E-state index in [1.165, 1.54) is 0 Å². The summed E-state index contributed by atoms with van der Waals surface area (Å²) in [6, 6.07) is 0. The van der Waals surface area contributed by atoms with Crippen LogP contribution in [0.25, 0.3) is 0 Å². The molecule has 0 saturated carbocycles. The minimum Gasteiger partial charge on any atom is -0.0732 e. The van der Waals surface area contributed by atoms with Crippen molar-refractivity contribution in [3.05, 3.63) is 83.7 Å². The van der Waals surface area contributed by atoms with E-state index in [1.807, 2.05) is 36.5 Å². The lowest BCUT2D eigenvalue weighted by Crippen LogP contribution is -1.77. The maximum Gasteiger partial charge on any atom is 0.0216 e. The van der Waals surface area contributed by atoms with Gasteiger partial charge in [0.1, 0.15) is 0 Å². The normalized spacial score (nSPS) is 16.8. The van der Waals surface area contributed by atoms with Gasteiger partial charge in [-0.2, -0.15) is 0 Å². The molecular weight excluding hydrogens is 192 g/mol. The van der Waals surface area contributed by atoms with Gasteiger partial charge in [0, 0.05) is 11.8 Å². The van der Waals surface area contributed by atoms with E-state index in [0.29, 0.717) is 11.8 Å². The highest BCUT2D eigenvalue weighted by atomic mass is 14.0. The summed E-state index contributed by atoms with van der Waals surface area (Å²) in [6.07, 6.45) is 20.4. The average molecular weight is 204 g/mol. The van der Waals surface area contributed by atoms with Crippen LogP contribution in [0.1, 0.15) is 0 Å². The second kappa shape index (κ2) is 5.64. The van der Waals surface area contributed by atoms with E-state index in [4.69, 9.17) is 0 Å². The van der Waals surface area contributed by atoms with Crippen LogP contribution in [-0.4, -0.2) is 0 Å². The Hall–Kier alpha value is -2.18. The third-order valence-electron chi connectivity index (χ3n) is 2.31. The summed E-state index contributed by atoms with van der Waals surface area (Å²) < 4.78 is 0. The Kier molecular flexibility index (Phi) is 3.65.